The molecule has 1 aromatic heterocycles. The molecule has 0 aliphatic heterocycles. The van der Waals surface area contributed by atoms with Crippen molar-refractivity contribution in [2.24, 2.45) is 5.73 Å². The highest BCUT2D eigenvalue weighted by molar-refractivity contribution is 5.89. The fraction of sp³-hybridized carbons (Fsp3) is 0.462. The summed E-state index contributed by atoms with van der Waals surface area (Å²) in [7, 11) is 0. The Labute approximate surface area is 199 Å². The number of rotatable bonds is 8. The first-order valence-corrected chi connectivity index (χ1v) is 11.4. The van der Waals surface area contributed by atoms with E-state index in [1.807, 2.05) is 0 Å². The number of hydrogen-bond donors (Lipinski definition) is 2. The fourth-order valence-corrected chi connectivity index (χ4v) is 4.77. The van der Waals surface area contributed by atoms with Gasteiger partial charge in [0.15, 0.2) is 0 Å². The minimum atomic E-state index is 0. The molecule has 3 nitrogen and oxygen atoms in total. The van der Waals surface area contributed by atoms with Crippen molar-refractivity contribution in [3.05, 3.63) is 59.8 Å². The molecule has 1 aliphatic carbocycles. The predicted octanol–water partition coefficient (Wildman–Crippen LogP) is 6.45. The molecular weight excluding hydrogens is 425 g/mol. The van der Waals surface area contributed by atoms with Crippen LogP contribution in [0.2, 0.25) is 0 Å². The van der Waals surface area contributed by atoms with E-state index in [0.717, 1.165) is 32.5 Å². The van der Waals surface area contributed by atoms with Gasteiger partial charge in [0.2, 0.25) is 0 Å². The Morgan fingerprint density at radius 1 is 0.968 bits per heavy atom. The lowest BCUT2D eigenvalue weighted by molar-refractivity contribution is 0.360. The van der Waals surface area contributed by atoms with E-state index in [-0.39, 0.29) is 24.8 Å². The lowest BCUT2D eigenvalue weighted by Crippen LogP contribution is -2.20. The molecule has 4 rings (SSSR count). The molecular formula is C26H37Cl2N3. The Kier molecular flexibility index (Phi) is 10.4. The van der Waals surface area contributed by atoms with E-state index < -0.39 is 0 Å². The largest absolute Gasteiger partial charge is 0.344 e. The average molecular weight is 463 g/mol. The summed E-state index contributed by atoms with van der Waals surface area (Å²) in [5.41, 5.74) is 12.4. The van der Waals surface area contributed by atoms with Gasteiger partial charge in [-0.05, 0) is 81.1 Å². The lowest BCUT2D eigenvalue weighted by Gasteiger charge is -2.24. The van der Waals surface area contributed by atoms with Gasteiger partial charge in [-0.1, -0.05) is 55.2 Å². The number of halogens is 2. The van der Waals surface area contributed by atoms with Crippen LogP contribution in [0.15, 0.2) is 48.7 Å². The third kappa shape index (κ3) is 6.26. The number of benzene rings is 2. The summed E-state index contributed by atoms with van der Waals surface area (Å²) < 4.78 is 2.59. The molecule has 1 aliphatic rings. The summed E-state index contributed by atoms with van der Waals surface area (Å²) >= 11 is 0. The molecule has 0 atom stereocenters. The highest BCUT2D eigenvalue weighted by atomic mass is 35.5. The molecule has 1 heterocycles. The molecule has 3 aromatic rings. The van der Waals surface area contributed by atoms with Crippen molar-refractivity contribution in [3.8, 4) is 11.1 Å². The van der Waals surface area contributed by atoms with Gasteiger partial charge in [0, 0.05) is 23.1 Å². The minimum absolute atomic E-state index is 0. The molecule has 0 amide bonds. The van der Waals surface area contributed by atoms with Crippen molar-refractivity contribution >= 4 is 35.7 Å². The first kappa shape index (κ1) is 25.7. The van der Waals surface area contributed by atoms with Crippen molar-refractivity contribution in [1.82, 2.24) is 9.88 Å². The van der Waals surface area contributed by atoms with E-state index in [1.54, 1.807) is 0 Å². The maximum absolute atomic E-state index is 5.62. The van der Waals surface area contributed by atoms with E-state index in [1.165, 1.54) is 65.3 Å². The number of nitrogens with one attached hydrogen (secondary N) is 1. The van der Waals surface area contributed by atoms with Crippen LogP contribution in [-0.2, 0) is 6.42 Å². The monoisotopic (exact) mass is 461 g/mol. The van der Waals surface area contributed by atoms with Gasteiger partial charge >= 0.3 is 0 Å². The summed E-state index contributed by atoms with van der Waals surface area (Å²) in [6, 6.07) is 16.6. The van der Waals surface area contributed by atoms with Gasteiger partial charge in [0.25, 0.3) is 0 Å². The quantitative estimate of drug-likeness (QED) is 0.378. The topological polar surface area (TPSA) is 43.0 Å². The number of hydrogen-bond acceptors (Lipinski definition) is 2. The molecule has 31 heavy (non-hydrogen) atoms. The molecule has 0 radical (unpaired) electrons. The van der Waals surface area contributed by atoms with Gasteiger partial charge in [0.1, 0.15) is 0 Å². The Hall–Kier alpha value is -1.52. The Morgan fingerprint density at radius 2 is 1.74 bits per heavy atom. The molecule has 3 N–H and O–H groups in total. The molecule has 0 bridgehead atoms. The second kappa shape index (κ2) is 12.5. The molecule has 0 spiro atoms. The SMILES string of the molecule is Cc1cccc(-c2ccc3c(c2)c(CCNCCCN)cn3C2CCCCC2)c1.Cl.Cl. The fourth-order valence-electron chi connectivity index (χ4n) is 4.77. The first-order chi connectivity index (χ1) is 14.3. The van der Waals surface area contributed by atoms with Crippen LogP contribution in [0.3, 0.4) is 0 Å². The van der Waals surface area contributed by atoms with Crippen LogP contribution >= 0.6 is 24.8 Å². The number of aromatic nitrogens is 1. The van der Waals surface area contributed by atoms with Crippen molar-refractivity contribution in [3.63, 3.8) is 0 Å². The minimum Gasteiger partial charge on any atom is -0.344 e. The normalized spacial score (nSPS) is 14.3. The third-order valence-electron chi connectivity index (χ3n) is 6.36. The predicted molar refractivity (Wildman–Crippen MR) is 139 cm³/mol. The summed E-state index contributed by atoms with van der Waals surface area (Å²) in [5, 5.41) is 4.98. The van der Waals surface area contributed by atoms with Crippen molar-refractivity contribution in [2.75, 3.05) is 19.6 Å². The van der Waals surface area contributed by atoms with Gasteiger partial charge < -0.3 is 15.6 Å². The molecule has 0 saturated heterocycles. The first-order valence-electron chi connectivity index (χ1n) is 11.4. The van der Waals surface area contributed by atoms with E-state index in [4.69, 9.17) is 5.73 Å². The van der Waals surface area contributed by atoms with Crippen LogP contribution in [0.4, 0.5) is 0 Å². The number of nitrogens with zero attached hydrogens (tertiary/aromatic N) is 1. The van der Waals surface area contributed by atoms with Crippen molar-refractivity contribution < 1.29 is 0 Å². The molecule has 1 saturated carbocycles. The maximum atomic E-state index is 5.62. The highest BCUT2D eigenvalue weighted by Crippen LogP contribution is 2.35. The molecule has 1 fully saturated rings. The van der Waals surface area contributed by atoms with E-state index >= 15 is 0 Å². The molecule has 0 unspecified atom stereocenters. The standard InChI is InChI=1S/C26H35N3.2ClH/c1-20-7-5-8-21(17-20)22-11-12-26-25(18-22)23(13-16-28-15-6-14-27)19-29(26)24-9-3-2-4-10-24;;/h5,7-8,11-12,17-19,24,28H,2-4,6,9-10,13-16,27H2,1H3;2*1H. The maximum Gasteiger partial charge on any atom is 0.0486 e. The number of fused-ring (bicyclic) bond motifs is 1. The Morgan fingerprint density at radius 3 is 2.48 bits per heavy atom. The summed E-state index contributed by atoms with van der Waals surface area (Å²) in [5.74, 6) is 0. The lowest BCUT2D eigenvalue weighted by atomic mass is 9.95. The highest BCUT2D eigenvalue weighted by Gasteiger charge is 2.19. The van der Waals surface area contributed by atoms with Gasteiger partial charge in [-0.2, -0.15) is 0 Å². The van der Waals surface area contributed by atoms with E-state index in [2.05, 4.69) is 65.5 Å². The van der Waals surface area contributed by atoms with Crippen LogP contribution in [0.5, 0.6) is 0 Å². The zero-order chi connectivity index (χ0) is 20.1. The van der Waals surface area contributed by atoms with Gasteiger partial charge in [-0.15, -0.1) is 24.8 Å². The van der Waals surface area contributed by atoms with Gasteiger partial charge in [-0.25, -0.2) is 0 Å². The summed E-state index contributed by atoms with van der Waals surface area (Å²) in [4.78, 5) is 0. The Balaban J connectivity index is 0.00000171. The van der Waals surface area contributed by atoms with Crippen molar-refractivity contribution in [1.29, 1.82) is 0 Å². The van der Waals surface area contributed by atoms with Crippen LogP contribution in [0.1, 0.15) is 55.7 Å². The van der Waals surface area contributed by atoms with Crippen LogP contribution < -0.4 is 11.1 Å². The molecule has 5 heteroatoms. The van der Waals surface area contributed by atoms with Gasteiger partial charge in [0.05, 0.1) is 0 Å². The average Bonchev–Trinajstić information content (AvgIpc) is 3.12. The second-order valence-electron chi connectivity index (χ2n) is 8.60. The van der Waals surface area contributed by atoms with Crippen LogP contribution in [0, 0.1) is 6.92 Å². The number of nitrogens with two attached hydrogens (primary N) is 1. The van der Waals surface area contributed by atoms with Crippen LogP contribution in [-0.4, -0.2) is 24.2 Å². The summed E-state index contributed by atoms with van der Waals surface area (Å²) in [6.45, 7) is 4.94. The third-order valence-corrected chi connectivity index (χ3v) is 6.36. The molecule has 170 valence electrons. The van der Waals surface area contributed by atoms with Gasteiger partial charge in [-0.3, -0.25) is 0 Å². The second-order valence-corrected chi connectivity index (χ2v) is 8.60. The van der Waals surface area contributed by atoms with Crippen molar-refractivity contribution in [2.45, 2.75) is 57.9 Å². The zero-order valence-electron chi connectivity index (χ0n) is 18.6. The molecule has 2 aromatic carbocycles. The smallest absolute Gasteiger partial charge is 0.0486 e. The number of aryl methyl sites for hydroxylation is 1. The zero-order valence-corrected chi connectivity index (χ0v) is 20.2. The van der Waals surface area contributed by atoms with E-state index in [9.17, 15) is 0 Å². The Bertz CT molecular complexity index is 945. The summed E-state index contributed by atoms with van der Waals surface area (Å²) in [6.07, 6.45) is 11.3. The van der Waals surface area contributed by atoms with Crippen LogP contribution in [0.25, 0.3) is 22.0 Å². The van der Waals surface area contributed by atoms with E-state index in [0.29, 0.717) is 6.04 Å².